The Morgan fingerprint density at radius 1 is 0.828 bits per heavy atom. The molecule has 3 atom stereocenters. The van der Waals surface area contributed by atoms with Gasteiger partial charge in [-0.2, -0.15) is 0 Å². The summed E-state index contributed by atoms with van der Waals surface area (Å²) in [6, 6.07) is 20.5. The molecule has 1 aliphatic heterocycles. The quantitative estimate of drug-likeness (QED) is 0.720. The van der Waals surface area contributed by atoms with Crippen molar-refractivity contribution in [2.45, 2.75) is 18.8 Å². The number of rotatable bonds is 5. The largest absolute Gasteiger partial charge is 0.339 e. The van der Waals surface area contributed by atoms with E-state index in [1.54, 1.807) is 0 Å². The number of hydrogen-bond donors (Lipinski definition) is 0. The number of piperazine rings is 1. The smallest absolute Gasteiger partial charge is 0.234 e. The molecule has 0 aromatic heterocycles. The number of nitrogens with zero attached hydrogens (tertiary/aromatic N) is 2. The Hall–Kier alpha value is -2.39. The second-order valence-electron chi connectivity index (χ2n) is 8.92. The molecule has 3 nitrogen and oxygen atoms in total. The minimum Gasteiger partial charge on any atom is -0.339 e. The molecule has 2 bridgehead atoms. The summed E-state index contributed by atoms with van der Waals surface area (Å²) in [6.45, 7) is 4.88. The molecular weight excluding hydrogens is 356 g/mol. The fourth-order valence-corrected chi connectivity index (χ4v) is 5.54. The Balaban J connectivity index is 1.25. The normalized spacial score (nSPS) is 26.4. The van der Waals surface area contributed by atoms with Gasteiger partial charge >= 0.3 is 0 Å². The average molecular weight is 387 g/mol. The molecule has 0 spiro atoms. The van der Waals surface area contributed by atoms with Crippen molar-refractivity contribution in [1.29, 1.82) is 0 Å². The molecule has 5 rings (SSSR count). The summed E-state index contributed by atoms with van der Waals surface area (Å²) in [5.41, 5.74) is 2.17. The third-order valence-corrected chi connectivity index (χ3v) is 7.11. The number of allylic oxidation sites excluding steroid dienone is 2. The summed E-state index contributed by atoms with van der Waals surface area (Å²) in [4.78, 5) is 18.2. The van der Waals surface area contributed by atoms with Crippen LogP contribution >= 0.6 is 0 Å². The first kappa shape index (κ1) is 18.6. The Morgan fingerprint density at radius 2 is 1.45 bits per heavy atom. The standard InChI is InChI=1S/C26H30N2O/c29-26(25(21-7-3-1-4-8-21)22-9-5-2-6-10-22)28-15-13-27(14-16-28)19-24-18-20-11-12-23(24)17-20/h1-12,20,23-25H,13-19H2/t20-,23-,24-/m1/s1. The van der Waals surface area contributed by atoms with Crippen LogP contribution in [0.4, 0.5) is 0 Å². The van der Waals surface area contributed by atoms with Crippen molar-refractivity contribution in [3.05, 3.63) is 83.9 Å². The van der Waals surface area contributed by atoms with Gasteiger partial charge in [0.1, 0.15) is 0 Å². The average Bonchev–Trinajstić information content (AvgIpc) is 3.39. The molecule has 2 aromatic carbocycles. The fourth-order valence-electron chi connectivity index (χ4n) is 5.54. The molecule has 1 heterocycles. The van der Waals surface area contributed by atoms with Gasteiger partial charge < -0.3 is 4.90 Å². The highest BCUT2D eigenvalue weighted by Crippen LogP contribution is 2.43. The molecule has 0 N–H and O–H groups in total. The first-order chi connectivity index (χ1) is 14.3. The van der Waals surface area contributed by atoms with Gasteiger partial charge in [0, 0.05) is 32.7 Å². The fraction of sp³-hybridized carbons (Fsp3) is 0.423. The van der Waals surface area contributed by atoms with Crippen LogP contribution in [0.1, 0.15) is 29.9 Å². The molecule has 3 aliphatic rings. The lowest BCUT2D eigenvalue weighted by atomic mass is 9.89. The molecular formula is C26H30N2O. The van der Waals surface area contributed by atoms with E-state index in [1.165, 1.54) is 19.4 Å². The maximum Gasteiger partial charge on any atom is 0.234 e. The van der Waals surface area contributed by atoms with Gasteiger partial charge in [0.2, 0.25) is 5.91 Å². The van der Waals surface area contributed by atoms with Crippen molar-refractivity contribution in [2.75, 3.05) is 32.7 Å². The van der Waals surface area contributed by atoms with E-state index in [2.05, 4.69) is 46.2 Å². The number of fused-ring (bicyclic) bond motifs is 2. The van der Waals surface area contributed by atoms with Gasteiger partial charge in [-0.15, -0.1) is 0 Å². The van der Waals surface area contributed by atoms with Gasteiger partial charge in [0.25, 0.3) is 0 Å². The van der Waals surface area contributed by atoms with E-state index in [0.29, 0.717) is 0 Å². The highest BCUT2D eigenvalue weighted by Gasteiger charge is 2.37. The minimum atomic E-state index is -0.209. The van der Waals surface area contributed by atoms with Crippen LogP contribution in [0.15, 0.2) is 72.8 Å². The molecule has 2 fully saturated rings. The third-order valence-electron chi connectivity index (χ3n) is 7.11. The number of hydrogen-bond acceptors (Lipinski definition) is 2. The van der Waals surface area contributed by atoms with Crippen LogP contribution in [0, 0.1) is 17.8 Å². The Morgan fingerprint density at radius 3 is 1.97 bits per heavy atom. The van der Waals surface area contributed by atoms with E-state index < -0.39 is 0 Å². The van der Waals surface area contributed by atoms with E-state index in [1.807, 2.05) is 36.4 Å². The lowest BCUT2D eigenvalue weighted by Gasteiger charge is -2.38. The maximum absolute atomic E-state index is 13.6. The summed E-state index contributed by atoms with van der Waals surface area (Å²) >= 11 is 0. The molecule has 150 valence electrons. The molecule has 1 amide bonds. The van der Waals surface area contributed by atoms with Crippen LogP contribution in [-0.2, 0) is 4.79 Å². The van der Waals surface area contributed by atoms with Gasteiger partial charge in [-0.1, -0.05) is 72.8 Å². The summed E-state index contributed by atoms with van der Waals surface area (Å²) in [5.74, 6) is 2.50. The van der Waals surface area contributed by atoms with Gasteiger partial charge in [0.15, 0.2) is 0 Å². The summed E-state index contributed by atoms with van der Waals surface area (Å²) in [6.07, 6.45) is 7.61. The number of carbonyl (C=O) groups excluding carboxylic acids is 1. The van der Waals surface area contributed by atoms with E-state index in [9.17, 15) is 4.79 Å². The number of benzene rings is 2. The van der Waals surface area contributed by atoms with Crippen molar-refractivity contribution in [3.63, 3.8) is 0 Å². The van der Waals surface area contributed by atoms with Gasteiger partial charge in [-0.25, -0.2) is 0 Å². The lowest BCUT2D eigenvalue weighted by Crippen LogP contribution is -2.51. The second-order valence-corrected chi connectivity index (χ2v) is 8.92. The van der Waals surface area contributed by atoms with Crippen molar-refractivity contribution >= 4 is 5.91 Å². The Labute approximate surface area is 174 Å². The number of carbonyl (C=O) groups is 1. The third kappa shape index (κ3) is 3.89. The van der Waals surface area contributed by atoms with Crippen LogP contribution in [-0.4, -0.2) is 48.4 Å². The highest BCUT2D eigenvalue weighted by atomic mass is 16.2. The summed E-state index contributed by atoms with van der Waals surface area (Å²) in [7, 11) is 0. The van der Waals surface area contributed by atoms with E-state index in [4.69, 9.17) is 0 Å². The van der Waals surface area contributed by atoms with Gasteiger partial charge in [-0.3, -0.25) is 9.69 Å². The van der Waals surface area contributed by atoms with E-state index in [0.717, 1.165) is 55.1 Å². The predicted octanol–water partition coefficient (Wildman–Crippen LogP) is 4.17. The molecule has 29 heavy (non-hydrogen) atoms. The first-order valence-electron chi connectivity index (χ1n) is 11.1. The van der Waals surface area contributed by atoms with Crippen molar-refractivity contribution < 1.29 is 4.79 Å². The zero-order chi connectivity index (χ0) is 19.6. The molecule has 0 unspecified atom stereocenters. The van der Waals surface area contributed by atoms with Crippen LogP contribution in [0.5, 0.6) is 0 Å². The van der Waals surface area contributed by atoms with E-state index >= 15 is 0 Å². The SMILES string of the molecule is O=C(C(c1ccccc1)c1ccccc1)N1CCN(C[C@H]2C[C@@H]3C=C[C@@H]2C3)CC1. The zero-order valence-corrected chi connectivity index (χ0v) is 17.0. The zero-order valence-electron chi connectivity index (χ0n) is 17.0. The van der Waals surface area contributed by atoms with Crippen molar-refractivity contribution in [1.82, 2.24) is 9.80 Å². The topological polar surface area (TPSA) is 23.6 Å². The highest BCUT2D eigenvalue weighted by molar-refractivity contribution is 5.87. The lowest BCUT2D eigenvalue weighted by molar-refractivity contribution is -0.133. The molecule has 0 radical (unpaired) electrons. The number of amides is 1. The first-order valence-corrected chi connectivity index (χ1v) is 11.1. The monoisotopic (exact) mass is 386 g/mol. The van der Waals surface area contributed by atoms with Crippen LogP contribution in [0.2, 0.25) is 0 Å². The van der Waals surface area contributed by atoms with Gasteiger partial charge in [0.05, 0.1) is 5.92 Å². The molecule has 2 aliphatic carbocycles. The Kier molecular flexibility index (Phi) is 5.24. The van der Waals surface area contributed by atoms with Crippen LogP contribution in [0.3, 0.4) is 0 Å². The van der Waals surface area contributed by atoms with Crippen LogP contribution in [0.25, 0.3) is 0 Å². The molecule has 1 saturated carbocycles. The summed E-state index contributed by atoms with van der Waals surface area (Å²) in [5, 5.41) is 0. The molecule has 2 aromatic rings. The molecule has 1 saturated heterocycles. The maximum atomic E-state index is 13.6. The minimum absolute atomic E-state index is 0.209. The van der Waals surface area contributed by atoms with E-state index in [-0.39, 0.29) is 11.8 Å². The van der Waals surface area contributed by atoms with Crippen molar-refractivity contribution in [2.24, 2.45) is 17.8 Å². The summed E-state index contributed by atoms with van der Waals surface area (Å²) < 4.78 is 0. The van der Waals surface area contributed by atoms with Crippen LogP contribution < -0.4 is 0 Å². The van der Waals surface area contributed by atoms with Crippen molar-refractivity contribution in [3.8, 4) is 0 Å². The molecule has 3 heteroatoms. The van der Waals surface area contributed by atoms with Gasteiger partial charge in [-0.05, 0) is 41.7 Å². The second kappa shape index (κ2) is 8.16. The Bertz CT molecular complexity index is 815. The predicted molar refractivity (Wildman–Crippen MR) is 117 cm³/mol.